The van der Waals surface area contributed by atoms with Gasteiger partial charge in [0.05, 0.1) is 7.11 Å². The normalized spacial score (nSPS) is 10.2. The van der Waals surface area contributed by atoms with Crippen molar-refractivity contribution >= 4 is 21.8 Å². The fourth-order valence-electron chi connectivity index (χ4n) is 1.97. The Labute approximate surface area is 133 Å². The van der Waals surface area contributed by atoms with Crippen LogP contribution < -0.4 is 10.1 Å². The third-order valence-corrected chi connectivity index (χ3v) is 4.01. The third kappa shape index (κ3) is 4.90. The molecule has 1 N–H and O–H groups in total. The van der Waals surface area contributed by atoms with Gasteiger partial charge in [-0.2, -0.15) is 0 Å². The molecule has 0 bridgehead atoms. The summed E-state index contributed by atoms with van der Waals surface area (Å²) in [5.74, 6) is 0.888. The Balaban J connectivity index is 1.78. The molecular weight excluding hydrogens is 330 g/mol. The number of rotatable bonds is 6. The van der Waals surface area contributed by atoms with Crippen LogP contribution in [0.25, 0.3) is 0 Å². The zero-order valence-corrected chi connectivity index (χ0v) is 13.5. The number of hydrogen-bond donors (Lipinski definition) is 1. The van der Waals surface area contributed by atoms with Gasteiger partial charge in [0.25, 0.3) is 0 Å². The Morgan fingerprint density at radius 3 is 2.52 bits per heavy atom. The van der Waals surface area contributed by atoms with Crippen molar-refractivity contribution in [3.63, 3.8) is 0 Å². The van der Waals surface area contributed by atoms with E-state index in [1.165, 1.54) is 0 Å². The second-order valence-corrected chi connectivity index (χ2v) is 5.57. The number of ether oxygens (including phenoxy) is 1. The highest BCUT2D eigenvalue weighted by atomic mass is 79.9. The molecule has 0 radical (unpaired) electrons. The van der Waals surface area contributed by atoms with E-state index in [0.29, 0.717) is 13.0 Å². The first-order valence-electron chi connectivity index (χ1n) is 6.82. The highest BCUT2D eigenvalue weighted by molar-refractivity contribution is 9.10. The molecule has 0 saturated heterocycles. The Bertz CT molecular complexity index is 596. The van der Waals surface area contributed by atoms with Gasteiger partial charge in [-0.1, -0.05) is 46.3 Å². The van der Waals surface area contributed by atoms with E-state index in [1.54, 1.807) is 7.11 Å². The lowest BCUT2D eigenvalue weighted by Gasteiger charge is -2.07. The minimum absolute atomic E-state index is 0.0570. The van der Waals surface area contributed by atoms with E-state index < -0.39 is 0 Å². The molecule has 0 atom stereocenters. The summed E-state index contributed by atoms with van der Waals surface area (Å²) in [6.45, 7) is 0.545. The number of amides is 1. The van der Waals surface area contributed by atoms with Crippen LogP contribution >= 0.6 is 15.9 Å². The van der Waals surface area contributed by atoms with E-state index in [2.05, 4.69) is 21.2 Å². The minimum atomic E-state index is 0.0570. The Morgan fingerprint density at radius 2 is 1.86 bits per heavy atom. The lowest BCUT2D eigenvalue weighted by atomic mass is 10.1. The highest BCUT2D eigenvalue weighted by Crippen LogP contribution is 2.15. The van der Waals surface area contributed by atoms with E-state index in [9.17, 15) is 4.79 Å². The predicted octanol–water partition coefficient (Wildman–Crippen LogP) is 3.71. The van der Waals surface area contributed by atoms with Crippen molar-refractivity contribution in [2.75, 3.05) is 7.11 Å². The fraction of sp³-hybridized carbons (Fsp3) is 0.235. The van der Waals surface area contributed by atoms with Crippen LogP contribution in [0, 0.1) is 0 Å². The van der Waals surface area contributed by atoms with Crippen molar-refractivity contribution in [2.24, 2.45) is 0 Å². The molecule has 0 spiro atoms. The molecule has 3 nitrogen and oxygen atoms in total. The van der Waals surface area contributed by atoms with E-state index in [-0.39, 0.29) is 5.91 Å². The van der Waals surface area contributed by atoms with Gasteiger partial charge in [-0.05, 0) is 35.7 Å². The second-order valence-electron chi connectivity index (χ2n) is 4.72. The molecule has 0 unspecified atom stereocenters. The Morgan fingerprint density at radius 1 is 1.14 bits per heavy atom. The summed E-state index contributed by atoms with van der Waals surface area (Å²) in [6, 6.07) is 15.7. The molecular formula is C17H18BrNO2. The van der Waals surface area contributed by atoms with Crippen molar-refractivity contribution in [2.45, 2.75) is 19.4 Å². The number of carbonyl (C=O) groups excluding carboxylic acids is 1. The zero-order chi connectivity index (χ0) is 15.1. The molecule has 0 aliphatic heterocycles. The maximum Gasteiger partial charge on any atom is 0.220 e. The number of nitrogens with one attached hydrogen (secondary N) is 1. The number of benzene rings is 2. The van der Waals surface area contributed by atoms with Crippen LogP contribution in [0.2, 0.25) is 0 Å². The molecule has 2 rings (SSSR count). The fourth-order valence-corrected chi connectivity index (χ4v) is 2.40. The molecule has 110 valence electrons. The zero-order valence-electron chi connectivity index (χ0n) is 11.9. The summed E-state index contributed by atoms with van der Waals surface area (Å²) >= 11 is 3.47. The van der Waals surface area contributed by atoms with Crippen LogP contribution in [0.5, 0.6) is 5.75 Å². The van der Waals surface area contributed by atoms with Gasteiger partial charge in [-0.25, -0.2) is 0 Å². The highest BCUT2D eigenvalue weighted by Gasteiger charge is 2.04. The summed E-state index contributed by atoms with van der Waals surface area (Å²) in [6.07, 6.45) is 1.21. The number of carbonyl (C=O) groups is 1. The average molecular weight is 348 g/mol. The summed E-state index contributed by atoms with van der Waals surface area (Å²) in [7, 11) is 1.64. The standard InChI is InChI=1S/C17H18BrNO2/c1-21-15-9-6-13(7-10-15)8-11-17(20)19-12-14-4-2-3-5-16(14)18/h2-7,9-10H,8,11-12H2,1H3,(H,19,20). The second kappa shape index (κ2) is 7.84. The van der Waals surface area contributed by atoms with Crippen LogP contribution in [0.1, 0.15) is 17.5 Å². The quantitative estimate of drug-likeness (QED) is 0.864. The van der Waals surface area contributed by atoms with Crippen LogP contribution in [-0.4, -0.2) is 13.0 Å². The average Bonchev–Trinajstić information content (AvgIpc) is 2.52. The van der Waals surface area contributed by atoms with Crippen LogP contribution in [0.3, 0.4) is 0 Å². The van der Waals surface area contributed by atoms with E-state index in [4.69, 9.17) is 4.74 Å². The molecule has 0 fully saturated rings. The number of hydrogen-bond acceptors (Lipinski definition) is 2. The maximum absolute atomic E-state index is 11.9. The van der Waals surface area contributed by atoms with Gasteiger partial charge in [0, 0.05) is 17.4 Å². The number of methoxy groups -OCH3 is 1. The van der Waals surface area contributed by atoms with Crippen LogP contribution in [-0.2, 0) is 17.8 Å². The van der Waals surface area contributed by atoms with Crippen LogP contribution in [0.4, 0.5) is 0 Å². The first-order chi connectivity index (χ1) is 10.2. The molecule has 4 heteroatoms. The lowest BCUT2D eigenvalue weighted by molar-refractivity contribution is -0.121. The van der Waals surface area contributed by atoms with Crippen molar-refractivity contribution in [3.05, 3.63) is 64.1 Å². The van der Waals surface area contributed by atoms with Gasteiger partial charge >= 0.3 is 0 Å². The van der Waals surface area contributed by atoms with Gasteiger partial charge in [0.1, 0.15) is 5.75 Å². The molecule has 1 amide bonds. The summed E-state index contributed by atoms with van der Waals surface area (Å²) in [5.41, 5.74) is 2.21. The van der Waals surface area contributed by atoms with Gasteiger partial charge in [0.2, 0.25) is 5.91 Å². The predicted molar refractivity (Wildman–Crippen MR) is 87.3 cm³/mol. The molecule has 0 heterocycles. The first kappa shape index (κ1) is 15.6. The van der Waals surface area contributed by atoms with Gasteiger partial charge in [-0.15, -0.1) is 0 Å². The first-order valence-corrected chi connectivity index (χ1v) is 7.61. The maximum atomic E-state index is 11.9. The molecule has 0 aliphatic carbocycles. The lowest BCUT2D eigenvalue weighted by Crippen LogP contribution is -2.23. The Hall–Kier alpha value is -1.81. The van der Waals surface area contributed by atoms with Crippen molar-refractivity contribution in [1.82, 2.24) is 5.32 Å². The van der Waals surface area contributed by atoms with Gasteiger partial charge in [0.15, 0.2) is 0 Å². The summed E-state index contributed by atoms with van der Waals surface area (Å²) < 4.78 is 6.12. The molecule has 2 aromatic rings. The van der Waals surface area contributed by atoms with E-state index in [0.717, 1.165) is 27.8 Å². The summed E-state index contributed by atoms with van der Waals surface area (Å²) in [5, 5.41) is 2.94. The van der Waals surface area contributed by atoms with Crippen molar-refractivity contribution in [3.8, 4) is 5.75 Å². The number of halogens is 1. The van der Waals surface area contributed by atoms with Gasteiger partial charge < -0.3 is 10.1 Å². The minimum Gasteiger partial charge on any atom is -0.497 e. The third-order valence-electron chi connectivity index (χ3n) is 3.23. The molecule has 21 heavy (non-hydrogen) atoms. The van der Waals surface area contributed by atoms with Crippen LogP contribution in [0.15, 0.2) is 53.0 Å². The van der Waals surface area contributed by atoms with Gasteiger partial charge in [-0.3, -0.25) is 4.79 Å². The summed E-state index contributed by atoms with van der Waals surface area (Å²) in [4.78, 5) is 11.9. The van der Waals surface area contributed by atoms with Crippen molar-refractivity contribution in [1.29, 1.82) is 0 Å². The topological polar surface area (TPSA) is 38.3 Å². The SMILES string of the molecule is COc1ccc(CCC(=O)NCc2ccccc2Br)cc1. The van der Waals surface area contributed by atoms with E-state index >= 15 is 0 Å². The van der Waals surface area contributed by atoms with E-state index in [1.807, 2.05) is 48.5 Å². The molecule has 2 aromatic carbocycles. The largest absolute Gasteiger partial charge is 0.497 e. The smallest absolute Gasteiger partial charge is 0.220 e. The molecule has 0 aromatic heterocycles. The Kier molecular flexibility index (Phi) is 5.81. The molecule has 0 aliphatic rings. The van der Waals surface area contributed by atoms with Crippen molar-refractivity contribution < 1.29 is 9.53 Å². The monoisotopic (exact) mass is 347 g/mol. The molecule has 0 saturated carbocycles. The number of aryl methyl sites for hydroxylation is 1.